The first-order valence-corrected chi connectivity index (χ1v) is 7.24. The van der Waals surface area contributed by atoms with Gasteiger partial charge in [-0.25, -0.2) is 0 Å². The number of nitrogens with zero attached hydrogens (tertiary/aromatic N) is 1. The van der Waals surface area contributed by atoms with Gasteiger partial charge in [0.15, 0.2) is 0 Å². The SMILES string of the molecule is Cc1ccc(CC(O)CCCc2cccs2)nc1. The van der Waals surface area contributed by atoms with Crippen molar-refractivity contribution in [3.63, 3.8) is 0 Å². The average molecular weight is 261 g/mol. The molecule has 2 rings (SSSR count). The summed E-state index contributed by atoms with van der Waals surface area (Å²) in [4.78, 5) is 5.72. The van der Waals surface area contributed by atoms with E-state index in [-0.39, 0.29) is 6.10 Å². The summed E-state index contributed by atoms with van der Waals surface area (Å²) >= 11 is 1.79. The van der Waals surface area contributed by atoms with Gasteiger partial charge in [-0.1, -0.05) is 12.1 Å². The fraction of sp³-hybridized carbons (Fsp3) is 0.400. The maximum absolute atomic E-state index is 9.96. The molecule has 0 saturated heterocycles. The molecule has 0 bridgehead atoms. The Morgan fingerprint density at radius 3 is 2.89 bits per heavy atom. The molecule has 1 atom stereocenters. The quantitative estimate of drug-likeness (QED) is 0.864. The van der Waals surface area contributed by atoms with Crippen molar-refractivity contribution >= 4 is 11.3 Å². The molecule has 0 radical (unpaired) electrons. The van der Waals surface area contributed by atoms with Gasteiger partial charge in [-0.15, -0.1) is 11.3 Å². The van der Waals surface area contributed by atoms with Gasteiger partial charge in [0.05, 0.1) is 6.10 Å². The molecule has 0 aromatic carbocycles. The van der Waals surface area contributed by atoms with Crippen molar-refractivity contribution in [1.29, 1.82) is 0 Å². The molecule has 0 amide bonds. The van der Waals surface area contributed by atoms with Crippen LogP contribution in [0.3, 0.4) is 0 Å². The van der Waals surface area contributed by atoms with Gasteiger partial charge in [0, 0.05) is 23.2 Å². The summed E-state index contributed by atoms with van der Waals surface area (Å²) in [7, 11) is 0. The first kappa shape index (κ1) is 13.2. The molecule has 2 heterocycles. The van der Waals surface area contributed by atoms with Gasteiger partial charge in [0.1, 0.15) is 0 Å². The van der Waals surface area contributed by atoms with Crippen LogP contribution in [0.25, 0.3) is 0 Å². The van der Waals surface area contributed by atoms with Crippen LogP contribution in [0.4, 0.5) is 0 Å². The first-order chi connectivity index (χ1) is 8.74. The molecule has 96 valence electrons. The number of aliphatic hydroxyl groups is 1. The van der Waals surface area contributed by atoms with Crippen molar-refractivity contribution in [2.45, 2.75) is 38.7 Å². The molecule has 2 aromatic rings. The van der Waals surface area contributed by atoms with E-state index in [0.717, 1.165) is 30.5 Å². The second-order valence-electron chi connectivity index (χ2n) is 4.66. The van der Waals surface area contributed by atoms with Gasteiger partial charge < -0.3 is 5.11 Å². The van der Waals surface area contributed by atoms with E-state index in [9.17, 15) is 5.11 Å². The molecule has 0 spiro atoms. The number of aromatic nitrogens is 1. The van der Waals surface area contributed by atoms with Crippen LogP contribution in [0.5, 0.6) is 0 Å². The van der Waals surface area contributed by atoms with Gasteiger partial charge in [-0.05, 0) is 49.3 Å². The Balaban J connectivity index is 1.71. The number of hydrogen-bond donors (Lipinski definition) is 1. The second kappa shape index (κ2) is 6.66. The predicted molar refractivity (Wildman–Crippen MR) is 75.9 cm³/mol. The molecular formula is C15H19NOS. The van der Waals surface area contributed by atoms with Crippen LogP contribution in [0.1, 0.15) is 29.0 Å². The molecular weight excluding hydrogens is 242 g/mol. The normalized spacial score (nSPS) is 12.6. The lowest BCUT2D eigenvalue weighted by atomic mass is 10.1. The standard InChI is InChI=1S/C15H19NOS/c1-12-7-8-13(16-11-12)10-14(17)4-2-5-15-6-3-9-18-15/h3,6-9,11,14,17H,2,4-5,10H2,1H3. The monoisotopic (exact) mass is 261 g/mol. The molecule has 0 saturated carbocycles. The third-order valence-corrected chi connectivity index (χ3v) is 3.89. The third-order valence-electron chi connectivity index (χ3n) is 2.96. The molecule has 18 heavy (non-hydrogen) atoms. The Bertz CT molecular complexity index is 450. The highest BCUT2D eigenvalue weighted by molar-refractivity contribution is 7.09. The highest BCUT2D eigenvalue weighted by Gasteiger charge is 2.06. The molecule has 2 aromatic heterocycles. The van der Waals surface area contributed by atoms with Crippen LogP contribution in [-0.2, 0) is 12.8 Å². The van der Waals surface area contributed by atoms with Gasteiger partial charge in [-0.2, -0.15) is 0 Å². The van der Waals surface area contributed by atoms with Gasteiger partial charge in [0.25, 0.3) is 0 Å². The molecule has 1 N–H and O–H groups in total. The number of aliphatic hydroxyl groups excluding tert-OH is 1. The van der Waals surface area contributed by atoms with E-state index < -0.39 is 0 Å². The van der Waals surface area contributed by atoms with E-state index in [1.165, 1.54) is 4.88 Å². The summed E-state index contributed by atoms with van der Waals surface area (Å²) in [5, 5.41) is 12.1. The maximum atomic E-state index is 9.96. The molecule has 0 aliphatic heterocycles. The highest BCUT2D eigenvalue weighted by Crippen LogP contribution is 2.14. The molecule has 1 unspecified atom stereocenters. The Morgan fingerprint density at radius 1 is 1.33 bits per heavy atom. The first-order valence-electron chi connectivity index (χ1n) is 6.36. The Hall–Kier alpha value is -1.19. The van der Waals surface area contributed by atoms with Crippen LogP contribution < -0.4 is 0 Å². The number of pyridine rings is 1. The van der Waals surface area contributed by atoms with Crippen LogP contribution >= 0.6 is 11.3 Å². The Kier molecular flexibility index (Phi) is 4.90. The van der Waals surface area contributed by atoms with Crippen LogP contribution in [-0.4, -0.2) is 16.2 Å². The van der Waals surface area contributed by atoms with Crippen molar-refractivity contribution in [3.05, 3.63) is 52.0 Å². The molecule has 2 nitrogen and oxygen atoms in total. The van der Waals surface area contributed by atoms with E-state index in [2.05, 4.69) is 22.5 Å². The fourth-order valence-corrected chi connectivity index (χ4v) is 2.68. The van der Waals surface area contributed by atoms with Gasteiger partial charge >= 0.3 is 0 Å². The largest absolute Gasteiger partial charge is 0.393 e. The van der Waals surface area contributed by atoms with Crippen LogP contribution in [0.2, 0.25) is 0 Å². The lowest BCUT2D eigenvalue weighted by Crippen LogP contribution is -2.11. The van der Waals surface area contributed by atoms with Gasteiger partial charge in [0.2, 0.25) is 0 Å². The van der Waals surface area contributed by atoms with Gasteiger partial charge in [-0.3, -0.25) is 4.98 Å². The molecule has 0 aliphatic carbocycles. The van der Waals surface area contributed by atoms with E-state index in [0.29, 0.717) is 6.42 Å². The van der Waals surface area contributed by atoms with E-state index in [4.69, 9.17) is 0 Å². The van der Waals surface area contributed by atoms with Crippen molar-refractivity contribution in [1.82, 2.24) is 4.98 Å². The second-order valence-corrected chi connectivity index (χ2v) is 5.69. The van der Waals surface area contributed by atoms with Crippen molar-refractivity contribution in [2.24, 2.45) is 0 Å². The Morgan fingerprint density at radius 2 is 2.22 bits per heavy atom. The number of aryl methyl sites for hydroxylation is 2. The minimum absolute atomic E-state index is 0.278. The topological polar surface area (TPSA) is 33.1 Å². The zero-order chi connectivity index (χ0) is 12.8. The average Bonchev–Trinajstić information content (AvgIpc) is 2.85. The van der Waals surface area contributed by atoms with E-state index >= 15 is 0 Å². The summed E-state index contributed by atoms with van der Waals surface area (Å²) in [6, 6.07) is 8.27. The number of hydrogen-bond acceptors (Lipinski definition) is 3. The Labute approximate surface area is 112 Å². The third kappa shape index (κ3) is 4.24. The van der Waals surface area contributed by atoms with E-state index in [1.807, 2.05) is 25.3 Å². The fourth-order valence-electron chi connectivity index (χ4n) is 1.93. The predicted octanol–water partition coefficient (Wildman–Crippen LogP) is 3.38. The lowest BCUT2D eigenvalue weighted by Gasteiger charge is -2.09. The molecule has 0 fully saturated rings. The van der Waals surface area contributed by atoms with Crippen molar-refractivity contribution < 1.29 is 5.11 Å². The zero-order valence-electron chi connectivity index (χ0n) is 10.7. The van der Waals surface area contributed by atoms with Crippen LogP contribution in [0, 0.1) is 6.92 Å². The van der Waals surface area contributed by atoms with E-state index in [1.54, 1.807) is 11.3 Å². The minimum atomic E-state index is -0.278. The summed E-state index contributed by atoms with van der Waals surface area (Å²) in [5.74, 6) is 0. The summed E-state index contributed by atoms with van der Waals surface area (Å²) in [5.41, 5.74) is 2.13. The van der Waals surface area contributed by atoms with Crippen molar-refractivity contribution in [3.8, 4) is 0 Å². The minimum Gasteiger partial charge on any atom is -0.393 e. The molecule has 0 aliphatic rings. The maximum Gasteiger partial charge on any atom is 0.0595 e. The number of rotatable bonds is 6. The number of thiophene rings is 1. The molecule has 3 heteroatoms. The van der Waals surface area contributed by atoms with Crippen molar-refractivity contribution in [2.75, 3.05) is 0 Å². The smallest absolute Gasteiger partial charge is 0.0595 e. The zero-order valence-corrected chi connectivity index (χ0v) is 11.5. The van der Waals surface area contributed by atoms with Crippen LogP contribution in [0.15, 0.2) is 35.8 Å². The lowest BCUT2D eigenvalue weighted by molar-refractivity contribution is 0.161. The summed E-state index contributed by atoms with van der Waals surface area (Å²) in [6.45, 7) is 2.02. The summed E-state index contributed by atoms with van der Waals surface area (Å²) in [6.07, 6.45) is 5.18. The highest BCUT2D eigenvalue weighted by atomic mass is 32.1. The summed E-state index contributed by atoms with van der Waals surface area (Å²) < 4.78 is 0.